The molecule has 5 heteroatoms. The predicted octanol–water partition coefficient (Wildman–Crippen LogP) is -0.269. The van der Waals surface area contributed by atoms with Gasteiger partial charge in [0, 0.05) is 18.7 Å². The van der Waals surface area contributed by atoms with E-state index in [1.807, 2.05) is 0 Å². The summed E-state index contributed by atoms with van der Waals surface area (Å²) >= 11 is 0. The standard InChI is InChI=1S/C8H8N2O3/c11-7-1-3-9-5-10(7)6-2-4-13-8(6)12/h1,3,5-6H,2,4H2. The maximum Gasteiger partial charge on any atom is 0.329 e. The second kappa shape index (κ2) is 3.01. The Morgan fingerprint density at radius 1 is 1.54 bits per heavy atom. The van der Waals surface area contributed by atoms with Crippen LogP contribution in [0.2, 0.25) is 0 Å². The van der Waals surface area contributed by atoms with Crippen LogP contribution in [0.3, 0.4) is 0 Å². The van der Waals surface area contributed by atoms with Crippen LogP contribution in [0.5, 0.6) is 0 Å². The summed E-state index contributed by atoms with van der Waals surface area (Å²) in [5.74, 6) is -0.352. The van der Waals surface area contributed by atoms with Crippen molar-refractivity contribution < 1.29 is 9.53 Å². The van der Waals surface area contributed by atoms with E-state index in [4.69, 9.17) is 4.74 Å². The van der Waals surface area contributed by atoms with Crippen molar-refractivity contribution in [1.29, 1.82) is 0 Å². The molecular weight excluding hydrogens is 172 g/mol. The van der Waals surface area contributed by atoms with E-state index in [-0.39, 0.29) is 11.5 Å². The Balaban J connectivity index is 2.40. The SMILES string of the molecule is O=C1OCCC1n1cnccc1=O. The highest BCUT2D eigenvalue weighted by Crippen LogP contribution is 2.17. The minimum Gasteiger partial charge on any atom is -0.464 e. The largest absolute Gasteiger partial charge is 0.464 e. The molecule has 2 heterocycles. The summed E-state index contributed by atoms with van der Waals surface area (Å²) in [7, 11) is 0. The molecule has 0 radical (unpaired) electrons. The first-order valence-corrected chi connectivity index (χ1v) is 3.98. The molecule has 0 amide bonds. The van der Waals surface area contributed by atoms with E-state index in [9.17, 15) is 9.59 Å². The fraction of sp³-hybridized carbons (Fsp3) is 0.375. The van der Waals surface area contributed by atoms with Crippen molar-refractivity contribution in [3.8, 4) is 0 Å². The lowest BCUT2D eigenvalue weighted by Gasteiger charge is -2.07. The van der Waals surface area contributed by atoms with Crippen molar-refractivity contribution in [3.63, 3.8) is 0 Å². The Kier molecular flexibility index (Phi) is 1.84. The van der Waals surface area contributed by atoms with Crippen molar-refractivity contribution in [2.45, 2.75) is 12.5 Å². The van der Waals surface area contributed by atoms with Crippen LogP contribution in [-0.4, -0.2) is 22.1 Å². The zero-order valence-electron chi connectivity index (χ0n) is 6.84. The normalized spacial score (nSPS) is 21.5. The molecule has 1 aromatic heterocycles. The first-order chi connectivity index (χ1) is 6.29. The summed E-state index contributed by atoms with van der Waals surface area (Å²) in [4.78, 5) is 26.2. The van der Waals surface area contributed by atoms with Crippen LogP contribution in [0.25, 0.3) is 0 Å². The molecule has 1 atom stereocenters. The Bertz CT molecular complexity index is 385. The van der Waals surface area contributed by atoms with Crippen molar-refractivity contribution in [3.05, 3.63) is 28.9 Å². The van der Waals surface area contributed by atoms with Crippen LogP contribution in [-0.2, 0) is 9.53 Å². The first kappa shape index (κ1) is 7.97. The first-order valence-electron chi connectivity index (χ1n) is 3.98. The van der Waals surface area contributed by atoms with Gasteiger partial charge >= 0.3 is 5.97 Å². The minimum absolute atomic E-state index is 0.223. The molecule has 0 bridgehead atoms. The van der Waals surface area contributed by atoms with Gasteiger partial charge in [-0.25, -0.2) is 9.78 Å². The Morgan fingerprint density at radius 3 is 3.00 bits per heavy atom. The topological polar surface area (TPSA) is 61.2 Å². The molecule has 0 aliphatic carbocycles. The molecule has 1 fully saturated rings. The van der Waals surface area contributed by atoms with Crippen LogP contribution >= 0.6 is 0 Å². The number of ether oxygens (including phenoxy) is 1. The fourth-order valence-corrected chi connectivity index (χ4v) is 1.33. The highest BCUT2D eigenvalue weighted by Gasteiger charge is 2.28. The molecule has 5 nitrogen and oxygen atoms in total. The summed E-state index contributed by atoms with van der Waals surface area (Å²) in [5.41, 5.74) is -0.223. The monoisotopic (exact) mass is 180 g/mol. The molecule has 0 spiro atoms. The second-order valence-electron chi connectivity index (χ2n) is 2.80. The molecule has 1 aliphatic heterocycles. The molecule has 0 N–H and O–H groups in total. The summed E-state index contributed by atoms with van der Waals surface area (Å²) < 4.78 is 6.05. The van der Waals surface area contributed by atoms with E-state index in [1.54, 1.807) is 0 Å². The van der Waals surface area contributed by atoms with Crippen molar-refractivity contribution >= 4 is 5.97 Å². The molecule has 1 aromatic rings. The van der Waals surface area contributed by atoms with E-state index >= 15 is 0 Å². The van der Waals surface area contributed by atoms with Crippen LogP contribution in [0.4, 0.5) is 0 Å². The third-order valence-corrected chi connectivity index (χ3v) is 1.99. The maximum absolute atomic E-state index is 11.3. The molecule has 0 aromatic carbocycles. The summed E-state index contributed by atoms with van der Waals surface area (Å²) in [5, 5.41) is 0. The number of carbonyl (C=O) groups is 1. The average Bonchev–Trinajstić information content (AvgIpc) is 2.52. The highest BCUT2D eigenvalue weighted by molar-refractivity contribution is 5.75. The maximum atomic E-state index is 11.3. The molecule has 2 rings (SSSR count). The predicted molar refractivity (Wildman–Crippen MR) is 43.1 cm³/mol. The van der Waals surface area contributed by atoms with Gasteiger partial charge in [0.2, 0.25) is 0 Å². The van der Waals surface area contributed by atoms with Gasteiger partial charge in [-0.15, -0.1) is 0 Å². The van der Waals surface area contributed by atoms with Crippen molar-refractivity contribution in [2.24, 2.45) is 0 Å². The molecule has 0 saturated carbocycles. The van der Waals surface area contributed by atoms with E-state index in [0.29, 0.717) is 13.0 Å². The van der Waals surface area contributed by atoms with Gasteiger partial charge in [0.1, 0.15) is 6.04 Å². The third-order valence-electron chi connectivity index (χ3n) is 1.99. The Hall–Kier alpha value is -1.65. The van der Waals surface area contributed by atoms with E-state index in [1.165, 1.54) is 23.2 Å². The van der Waals surface area contributed by atoms with E-state index in [2.05, 4.69) is 4.98 Å². The van der Waals surface area contributed by atoms with Crippen LogP contribution < -0.4 is 5.56 Å². The second-order valence-corrected chi connectivity index (χ2v) is 2.80. The molecule has 1 aliphatic rings. The van der Waals surface area contributed by atoms with Crippen molar-refractivity contribution in [1.82, 2.24) is 9.55 Å². The molecule has 1 saturated heterocycles. The van der Waals surface area contributed by atoms with Gasteiger partial charge in [-0.2, -0.15) is 0 Å². The van der Waals surface area contributed by atoms with Crippen LogP contribution in [0.15, 0.2) is 23.4 Å². The third kappa shape index (κ3) is 1.32. The number of hydrogen-bond acceptors (Lipinski definition) is 4. The van der Waals surface area contributed by atoms with Crippen molar-refractivity contribution in [2.75, 3.05) is 6.61 Å². The average molecular weight is 180 g/mol. The van der Waals surface area contributed by atoms with Gasteiger partial charge in [-0.1, -0.05) is 0 Å². The number of hydrogen-bond donors (Lipinski definition) is 0. The van der Waals surface area contributed by atoms with Gasteiger partial charge in [0.15, 0.2) is 0 Å². The molecule has 13 heavy (non-hydrogen) atoms. The fourth-order valence-electron chi connectivity index (χ4n) is 1.33. The number of carbonyl (C=O) groups excluding carboxylic acids is 1. The lowest BCUT2D eigenvalue weighted by Crippen LogP contribution is -2.26. The van der Waals surface area contributed by atoms with Gasteiger partial charge < -0.3 is 4.74 Å². The molecule has 1 unspecified atom stereocenters. The van der Waals surface area contributed by atoms with E-state index in [0.717, 1.165) is 0 Å². The van der Waals surface area contributed by atoms with Gasteiger partial charge in [-0.3, -0.25) is 9.36 Å². The Morgan fingerprint density at radius 2 is 2.38 bits per heavy atom. The summed E-state index contributed by atoms with van der Waals surface area (Å²) in [6.07, 6.45) is 3.31. The number of aromatic nitrogens is 2. The highest BCUT2D eigenvalue weighted by atomic mass is 16.5. The number of nitrogens with zero attached hydrogens (tertiary/aromatic N) is 2. The number of esters is 1. The summed E-state index contributed by atoms with van der Waals surface area (Å²) in [6.45, 7) is 0.380. The summed E-state index contributed by atoms with van der Waals surface area (Å²) in [6, 6.07) is 0.840. The van der Waals surface area contributed by atoms with Gasteiger partial charge in [0.25, 0.3) is 5.56 Å². The zero-order valence-corrected chi connectivity index (χ0v) is 6.84. The smallest absolute Gasteiger partial charge is 0.329 e. The molecular formula is C8H8N2O3. The lowest BCUT2D eigenvalue weighted by atomic mass is 10.2. The van der Waals surface area contributed by atoms with Gasteiger partial charge in [0.05, 0.1) is 12.9 Å². The van der Waals surface area contributed by atoms with Crippen LogP contribution in [0, 0.1) is 0 Å². The quantitative estimate of drug-likeness (QED) is 0.558. The van der Waals surface area contributed by atoms with E-state index < -0.39 is 6.04 Å². The molecule has 68 valence electrons. The number of rotatable bonds is 1. The minimum atomic E-state index is -0.485. The zero-order chi connectivity index (χ0) is 9.26. The van der Waals surface area contributed by atoms with Gasteiger partial charge in [-0.05, 0) is 0 Å². The van der Waals surface area contributed by atoms with Crippen LogP contribution in [0.1, 0.15) is 12.5 Å². The lowest BCUT2D eigenvalue weighted by molar-refractivity contribution is -0.140. The number of cyclic esters (lactones) is 1. The Labute approximate surface area is 74.0 Å².